The molecule has 1 saturated heterocycles. The summed E-state index contributed by atoms with van der Waals surface area (Å²) in [5.74, 6) is -0.557. The summed E-state index contributed by atoms with van der Waals surface area (Å²) in [5, 5.41) is 0. The Labute approximate surface area is 112 Å². The fraction of sp³-hybridized carbons (Fsp3) is 0.417. The first kappa shape index (κ1) is 14.0. The highest BCUT2D eigenvalue weighted by atomic mass is 32.2. The number of esters is 1. The van der Waals surface area contributed by atoms with Crippen molar-refractivity contribution in [3.05, 3.63) is 35.9 Å². The molecule has 1 aliphatic rings. The van der Waals surface area contributed by atoms with Gasteiger partial charge < -0.3 is 4.74 Å². The molecule has 0 amide bonds. The third-order valence-electron chi connectivity index (χ3n) is 2.91. The van der Waals surface area contributed by atoms with Gasteiger partial charge in [0.2, 0.25) is 0 Å². The molecule has 0 aromatic heterocycles. The Morgan fingerprint density at radius 3 is 2.79 bits per heavy atom. The van der Waals surface area contributed by atoms with Crippen LogP contribution in [0.25, 0.3) is 0 Å². The number of carbonyl (C=O) groups excluding carboxylic acids is 1. The monoisotopic (exact) mass is 285 g/mol. The molecular formula is C12H15NO5S. The van der Waals surface area contributed by atoms with Gasteiger partial charge in [-0.15, -0.1) is 0 Å². The summed E-state index contributed by atoms with van der Waals surface area (Å²) in [6.45, 7) is 0.128. The number of ether oxygens (including phenoxy) is 1. The quantitative estimate of drug-likeness (QED) is 0.764. The summed E-state index contributed by atoms with van der Waals surface area (Å²) in [4.78, 5) is 11.9. The first-order valence-corrected chi connectivity index (χ1v) is 7.20. The van der Waals surface area contributed by atoms with E-state index in [1.54, 1.807) is 0 Å². The second-order valence-corrected chi connectivity index (χ2v) is 5.86. The molecule has 1 fully saturated rings. The smallest absolute Gasteiger partial charge is 0.338 e. The molecule has 0 spiro atoms. The van der Waals surface area contributed by atoms with Gasteiger partial charge in [-0.2, -0.15) is 12.7 Å². The third kappa shape index (κ3) is 3.31. The zero-order chi connectivity index (χ0) is 13.9. The Kier molecular flexibility index (Phi) is 4.18. The van der Waals surface area contributed by atoms with E-state index >= 15 is 0 Å². The van der Waals surface area contributed by atoms with E-state index in [1.807, 2.05) is 30.3 Å². The number of hydrogen-bond acceptors (Lipinski definition) is 5. The van der Waals surface area contributed by atoms with Crippen LogP contribution in [0.5, 0.6) is 0 Å². The van der Waals surface area contributed by atoms with E-state index in [2.05, 4.69) is 4.18 Å². The lowest BCUT2D eigenvalue weighted by Crippen LogP contribution is -2.48. The highest BCUT2D eigenvalue weighted by molar-refractivity contribution is 7.84. The maximum absolute atomic E-state index is 11.9. The molecule has 0 bridgehead atoms. The average molecular weight is 285 g/mol. The number of nitrogens with zero attached hydrogens (tertiary/aromatic N) is 1. The Morgan fingerprint density at radius 1 is 1.42 bits per heavy atom. The van der Waals surface area contributed by atoms with Gasteiger partial charge in [0.05, 0.1) is 6.61 Å². The SMILES string of the molecule is CN1C(C(=O)OCc2ccccc2)CCOS1(=O)=O. The molecular weight excluding hydrogens is 270 g/mol. The standard InChI is InChI=1S/C12H15NO5S/c1-13-11(7-8-18-19(13,15)16)12(14)17-9-10-5-3-2-4-6-10/h2-6,11H,7-9H2,1H3. The van der Waals surface area contributed by atoms with Crippen molar-refractivity contribution < 1.29 is 22.1 Å². The van der Waals surface area contributed by atoms with Crippen LogP contribution < -0.4 is 0 Å². The van der Waals surface area contributed by atoms with Crippen molar-refractivity contribution in [2.45, 2.75) is 19.1 Å². The molecule has 0 saturated carbocycles. The van der Waals surface area contributed by atoms with Crippen LogP contribution in [0.1, 0.15) is 12.0 Å². The van der Waals surface area contributed by atoms with Gasteiger partial charge in [-0.1, -0.05) is 30.3 Å². The van der Waals surface area contributed by atoms with Crippen molar-refractivity contribution >= 4 is 16.3 Å². The van der Waals surface area contributed by atoms with Gasteiger partial charge in [0, 0.05) is 7.05 Å². The van der Waals surface area contributed by atoms with Gasteiger partial charge in [-0.25, -0.2) is 0 Å². The van der Waals surface area contributed by atoms with Crippen LogP contribution >= 0.6 is 0 Å². The minimum atomic E-state index is -3.81. The molecule has 1 aromatic carbocycles. The van der Waals surface area contributed by atoms with Crippen molar-refractivity contribution in [1.29, 1.82) is 0 Å². The van der Waals surface area contributed by atoms with E-state index < -0.39 is 22.3 Å². The predicted molar refractivity (Wildman–Crippen MR) is 67.3 cm³/mol. The van der Waals surface area contributed by atoms with Crippen molar-refractivity contribution in [3.63, 3.8) is 0 Å². The van der Waals surface area contributed by atoms with Crippen molar-refractivity contribution in [1.82, 2.24) is 4.31 Å². The van der Waals surface area contributed by atoms with Gasteiger partial charge in [-0.05, 0) is 12.0 Å². The van der Waals surface area contributed by atoms with Gasteiger partial charge >= 0.3 is 16.3 Å². The summed E-state index contributed by atoms with van der Waals surface area (Å²) in [5.41, 5.74) is 0.855. The van der Waals surface area contributed by atoms with Gasteiger partial charge in [-0.3, -0.25) is 8.98 Å². The van der Waals surface area contributed by atoms with Crippen LogP contribution in [-0.2, 0) is 30.6 Å². The summed E-state index contributed by atoms with van der Waals surface area (Å²) < 4.78 is 33.6. The van der Waals surface area contributed by atoms with E-state index in [1.165, 1.54) is 7.05 Å². The molecule has 2 rings (SSSR count). The van der Waals surface area contributed by atoms with E-state index in [4.69, 9.17) is 4.74 Å². The Hall–Kier alpha value is -1.44. The number of carbonyl (C=O) groups is 1. The second-order valence-electron chi connectivity index (χ2n) is 4.19. The molecule has 0 radical (unpaired) electrons. The molecule has 7 heteroatoms. The minimum absolute atomic E-state index is 0.00221. The number of hydrogen-bond donors (Lipinski definition) is 0. The Balaban J connectivity index is 1.96. The zero-order valence-corrected chi connectivity index (χ0v) is 11.3. The van der Waals surface area contributed by atoms with Crippen molar-refractivity contribution in [3.8, 4) is 0 Å². The molecule has 104 valence electrons. The van der Waals surface area contributed by atoms with Crippen LogP contribution in [-0.4, -0.2) is 38.4 Å². The van der Waals surface area contributed by atoms with Crippen LogP contribution in [0, 0.1) is 0 Å². The zero-order valence-electron chi connectivity index (χ0n) is 10.5. The maximum atomic E-state index is 11.9. The summed E-state index contributed by atoms with van der Waals surface area (Å²) in [6.07, 6.45) is 0.295. The van der Waals surface area contributed by atoms with Crippen LogP contribution in [0.2, 0.25) is 0 Å². The lowest BCUT2D eigenvalue weighted by molar-refractivity contribution is -0.150. The van der Waals surface area contributed by atoms with E-state index in [9.17, 15) is 13.2 Å². The number of rotatable bonds is 3. The second kappa shape index (κ2) is 5.68. The first-order valence-electron chi connectivity index (χ1n) is 5.83. The normalized spacial score (nSPS) is 22.9. The molecule has 1 aliphatic heterocycles. The molecule has 0 N–H and O–H groups in total. The van der Waals surface area contributed by atoms with Crippen molar-refractivity contribution in [2.75, 3.05) is 13.7 Å². The van der Waals surface area contributed by atoms with Gasteiger partial charge in [0.15, 0.2) is 0 Å². The molecule has 1 atom stereocenters. The molecule has 1 unspecified atom stereocenters. The summed E-state index contributed by atoms with van der Waals surface area (Å²) in [6, 6.07) is 8.39. The lowest BCUT2D eigenvalue weighted by Gasteiger charge is -2.29. The summed E-state index contributed by atoms with van der Waals surface area (Å²) in [7, 11) is -2.50. The predicted octanol–water partition coefficient (Wildman–Crippen LogP) is 0.695. The Bertz CT molecular complexity index is 542. The highest BCUT2D eigenvalue weighted by Crippen LogP contribution is 2.18. The molecule has 0 aliphatic carbocycles. The maximum Gasteiger partial charge on any atom is 0.338 e. The highest BCUT2D eigenvalue weighted by Gasteiger charge is 2.37. The summed E-state index contributed by atoms with van der Waals surface area (Å²) >= 11 is 0. The van der Waals surface area contributed by atoms with Crippen molar-refractivity contribution in [2.24, 2.45) is 0 Å². The van der Waals surface area contributed by atoms with Crippen LogP contribution in [0.3, 0.4) is 0 Å². The van der Waals surface area contributed by atoms with E-state index in [-0.39, 0.29) is 13.2 Å². The molecule has 6 nitrogen and oxygen atoms in total. The minimum Gasteiger partial charge on any atom is -0.460 e. The van der Waals surface area contributed by atoms with Gasteiger partial charge in [0.25, 0.3) is 0 Å². The third-order valence-corrected chi connectivity index (χ3v) is 4.34. The van der Waals surface area contributed by atoms with Gasteiger partial charge in [0.1, 0.15) is 12.6 Å². The number of likely N-dealkylation sites (N-methyl/N-ethyl adjacent to an activating group) is 1. The molecule has 1 heterocycles. The largest absolute Gasteiger partial charge is 0.460 e. The fourth-order valence-corrected chi connectivity index (χ4v) is 2.75. The van der Waals surface area contributed by atoms with Crippen LogP contribution in [0.15, 0.2) is 30.3 Å². The van der Waals surface area contributed by atoms with Crippen LogP contribution in [0.4, 0.5) is 0 Å². The molecule has 1 aromatic rings. The average Bonchev–Trinajstić information content (AvgIpc) is 2.40. The van der Waals surface area contributed by atoms with E-state index in [0.717, 1.165) is 9.87 Å². The first-order chi connectivity index (χ1) is 9.00. The topological polar surface area (TPSA) is 72.9 Å². The molecule has 19 heavy (non-hydrogen) atoms. The lowest BCUT2D eigenvalue weighted by atomic mass is 10.2. The Morgan fingerprint density at radius 2 is 2.11 bits per heavy atom. The fourth-order valence-electron chi connectivity index (χ4n) is 1.78. The number of benzene rings is 1. The van der Waals surface area contributed by atoms with E-state index in [0.29, 0.717) is 6.42 Å².